The average Bonchev–Trinajstić information content (AvgIpc) is 2.83. The lowest BCUT2D eigenvalue weighted by Gasteiger charge is -2.34. The lowest BCUT2D eigenvalue weighted by Crippen LogP contribution is -2.46. The maximum atomic E-state index is 14.9. The number of aliphatic hydroxyl groups excluding tert-OH is 1. The van der Waals surface area contributed by atoms with Crippen molar-refractivity contribution in [2.45, 2.75) is 31.0 Å². The van der Waals surface area contributed by atoms with Crippen LogP contribution in [0.3, 0.4) is 0 Å². The predicted octanol–water partition coefficient (Wildman–Crippen LogP) is 0.358. The van der Waals surface area contributed by atoms with Gasteiger partial charge in [-0.25, -0.2) is 23.1 Å². The van der Waals surface area contributed by atoms with E-state index in [0.29, 0.717) is 0 Å². The summed E-state index contributed by atoms with van der Waals surface area (Å²) in [6, 6.07) is 0. The molecule has 0 bridgehead atoms. The first-order valence-corrected chi connectivity index (χ1v) is 12.9. The Bertz CT molecular complexity index is 998. The molecule has 0 aromatic carbocycles. The van der Waals surface area contributed by atoms with Crippen LogP contribution in [0.5, 0.6) is 0 Å². The molecule has 7 N–H and O–H groups in total. The molecule has 182 valence electrons. The minimum absolute atomic E-state index is 0.0461. The van der Waals surface area contributed by atoms with Crippen molar-refractivity contribution in [3.05, 3.63) is 36.8 Å². The first-order chi connectivity index (χ1) is 14.4. The number of nitrogens with zero attached hydrogens (tertiary/aromatic N) is 2. The number of amidine groups is 1. The first kappa shape index (κ1) is 27.0. The average molecular weight is 523 g/mol. The number of hydrogen-bond donors (Lipinski definition) is 6. The van der Waals surface area contributed by atoms with Crippen molar-refractivity contribution in [1.82, 2.24) is 4.90 Å². The Balaban J connectivity index is 2.22. The quantitative estimate of drug-likeness (QED) is 0.177. The van der Waals surface area contributed by atoms with Crippen molar-refractivity contribution >= 4 is 29.3 Å². The predicted molar refractivity (Wildman–Crippen MR) is 105 cm³/mol. The van der Waals surface area contributed by atoms with Crippen molar-refractivity contribution in [3.63, 3.8) is 0 Å². The molecule has 0 amide bonds. The fourth-order valence-corrected chi connectivity index (χ4v) is 5.82. The van der Waals surface area contributed by atoms with E-state index in [1.54, 1.807) is 0 Å². The zero-order chi connectivity index (χ0) is 24.7. The number of rotatable bonds is 9. The van der Waals surface area contributed by atoms with Crippen molar-refractivity contribution in [2.75, 3.05) is 6.61 Å². The Morgan fingerprint density at radius 2 is 1.91 bits per heavy atom. The molecule has 0 aromatic rings. The number of phosphoric ester groups is 1. The van der Waals surface area contributed by atoms with Crippen LogP contribution in [0.15, 0.2) is 41.8 Å². The summed E-state index contributed by atoms with van der Waals surface area (Å²) in [5.41, 5.74) is 3.27. The van der Waals surface area contributed by atoms with Gasteiger partial charge in [-0.1, -0.05) is 13.2 Å². The van der Waals surface area contributed by atoms with Crippen LogP contribution < -0.4 is 5.73 Å². The molecule has 32 heavy (non-hydrogen) atoms. The van der Waals surface area contributed by atoms with Crippen LogP contribution in [0.4, 0.5) is 4.39 Å². The molecule has 1 saturated heterocycles. The van der Waals surface area contributed by atoms with Crippen LogP contribution in [0.2, 0.25) is 0 Å². The van der Waals surface area contributed by atoms with E-state index < -0.39 is 54.2 Å². The molecule has 0 aliphatic carbocycles. The summed E-state index contributed by atoms with van der Waals surface area (Å²) in [4.78, 5) is 40.9. The lowest BCUT2D eigenvalue weighted by atomic mass is 9.90. The minimum Gasteiger partial charge on any atom is -0.386 e. The zero-order valence-corrected chi connectivity index (χ0v) is 19.0. The van der Waals surface area contributed by atoms with Gasteiger partial charge in [0.25, 0.3) is 0 Å². The van der Waals surface area contributed by atoms with Crippen LogP contribution in [0.1, 0.15) is 6.92 Å². The fraction of sp³-hybridized carbons (Fsp3) is 0.462. The van der Waals surface area contributed by atoms with Gasteiger partial charge in [0.15, 0.2) is 12.4 Å². The fourth-order valence-electron chi connectivity index (χ4n) is 2.77. The van der Waals surface area contributed by atoms with Crippen LogP contribution in [0.25, 0.3) is 0 Å². The van der Waals surface area contributed by atoms with E-state index in [2.05, 4.69) is 31.3 Å². The largest absolute Gasteiger partial charge is 0.490 e. The van der Waals surface area contributed by atoms with Crippen LogP contribution in [0, 0.1) is 0 Å². The Morgan fingerprint density at radius 1 is 1.31 bits per heavy atom. The van der Waals surface area contributed by atoms with E-state index in [0.717, 1.165) is 4.90 Å². The summed E-state index contributed by atoms with van der Waals surface area (Å²) in [6.07, 6.45) is -3.18. The topological polar surface area (TPSA) is 231 Å². The van der Waals surface area contributed by atoms with Crippen molar-refractivity contribution in [1.29, 1.82) is 0 Å². The summed E-state index contributed by atoms with van der Waals surface area (Å²) in [5.74, 6) is 0.0225. The van der Waals surface area contributed by atoms with Gasteiger partial charge in [0.05, 0.1) is 6.61 Å². The maximum Gasteiger partial charge on any atom is 0.490 e. The molecular formula is C13H21FN3O12P3. The van der Waals surface area contributed by atoms with E-state index in [1.807, 2.05) is 0 Å². The molecule has 19 heteroatoms. The number of aliphatic imine (C=N–C) groups is 1. The van der Waals surface area contributed by atoms with Gasteiger partial charge in [-0.05, 0) is 18.6 Å². The highest BCUT2D eigenvalue weighted by molar-refractivity contribution is 7.66. The third-order valence-electron chi connectivity index (χ3n) is 4.20. The molecule has 2 aliphatic rings. The Hall–Kier alpha value is -1.25. The summed E-state index contributed by atoms with van der Waals surface area (Å²) in [7, 11) is -16.9. The molecule has 1 fully saturated rings. The SMILES string of the molecule is C=C1N=C(N)C=CN1[C@@H]1O[C@@](COP(=O)(O)OP(=O)(O)OP(=O)(O)O)(C(=C)C)[C@@H](O)[C@H]1F. The van der Waals surface area contributed by atoms with Gasteiger partial charge >= 0.3 is 23.5 Å². The molecular weight excluding hydrogens is 502 g/mol. The Morgan fingerprint density at radius 3 is 2.41 bits per heavy atom. The first-order valence-electron chi connectivity index (χ1n) is 8.33. The summed E-state index contributed by atoms with van der Waals surface area (Å²) in [6.45, 7) is 7.26. The number of halogens is 1. The van der Waals surface area contributed by atoms with Crippen molar-refractivity contribution < 1.29 is 60.6 Å². The molecule has 2 heterocycles. The molecule has 2 aliphatic heterocycles. The lowest BCUT2D eigenvalue weighted by molar-refractivity contribution is -0.110. The summed E-state index contributed by atoms with van der Waals surface area (Å²) < 4.78 is 66.4. The van der Waals surface area contributed by atoms with Crippen LogP contribution in [-0.2, 0) is 31.6 Å². The minimum atomic E-state index is -5.77. The molecule has 0 aromatic heterocycles. The summed E-state index contributed by atoms with van der Waals surface area (Å²) >= 11 is 0. The second-order valence-electron chi connectivity index (χ2n) is 6.61. The van der Waals surface area contributed by atoms with Crippen molar-refractivity contribution in [2.24, 2.45) is 10.7 Å². The van der Waals surface area contributed by atoms with Crippen LogP contribution >= 0.6 is 23.5 Å². The zero-order valence-electron chi connectivity index (χ0n) is 16.3. The van der Waals surface area contributed by atoms with Gasteiger partial charge in [-0.2, -0.15) is 8.62 Å². The molecule has 2 unspecified atom stereocenters. The van der Waals surface area contributed by atoms with Gasteiger partial charge < -0.3 is 40.1 Å². The standard InChI is InChI=1S/C13H21FN3O12P3/c1-7(2)13(6-26-31(22,23)29-32(24,25)28-30(19,20)21)11(18)10(14)12(27-13)17-5-4-9(15)16-8(17)3/h4-5,10-12,18H,1,3,6H2,2H3,(H2,15,16)(H,22,23)(H,24,25)(H2,19,20,21)/t10-,11+,12-,13+/m1/s1. The number of ether oxygens (including phenoxy) is 1. The van der Waals surface area contributed by atoms with E-state index >= 15 is 0 Å². The van der Waals surface area contributed by atoms with Gasteiger partial charge in [-0.15, -0.1) is 0 Å². The molecule has 0 radical (unpaired) electrons. The molecule has 15 nitrogen and oxygen atoms in total. The van der Waals surface area contributed by atoms with E-state index in [9.17, 15) is 33.0 Å². The number of phosphoric acid groups is 3. The maximum absolute atomic E-state index is 14.9. The normalized spacial score (nSPS) is 32.3. The highest BCUT2D eigenvalue weighted by atomic mass is 31.3. The molecule has 0 spiro atoms. The van der Waals surface area contributed by atoms with Gasteiger partial charge in [-0.3, -0.25) is 4.52 Å². The monoisotopic (exact) mass is 523 g/mol. The molecule has 0 saturated carbocycles. The summed E-state index contributed by atoms with van der Waals surface area (Å²) in [5, 5.41) is 10.5. The van der Waals surface area contributed by atoms with E-state index in [-0.39, 0.29) is 17.2 Å². The third kappa shape index (κ3) is 6.20. The highest BCUT2D eigenvalue weighted by Crippen LogP contribution is 2.66. The molecule has 6 atom stereocenters. The number of hydrogen-bond acceptors (Lipinski definition) is 11. The van der Waals surface area contributed by atoms with Gasteiger partial charge in [0, 0.05) is 6.20 Å². The van der Waals surface area contributed by atoms with Gasteiger partial charge in [0.2, 0.25) is 0 Å². The molecule has 2 rings (SSSR count). The van der Waals surface area contributed by atoms with E-state index in [1.165, 1.54) is 19.2 Å². The van der Waals surface area contributed by atoms with Crippen molar-refractivity contribution in [3.8, 4) is 0 Å². The Labute approximate surface area is 180 Å². The van der Waals surface area contributed by atoms with E-state index in [4.69, 9.17) is 20.3 Å². The second-order valence-corrected chi connectivity index (χ2v) is 11.0. The number of aliphatic hydroxyl groups is 1. The third-order valence-corrected chi connectivity index (χ3v) is 7.98. The van der Waals surface area contributed by atoms with Crippen LogP contribution in [-0.4, -0.2) is 66.1 Å². The number of nitrogens with two attached hydrogens (primary N) is 1. The Kier molecular flexibility index (Phi) is 7.75. The smallest absolute Gasteiger partial charge is 0.386 e. The highest BCUT2D eigenvalue weighted by Gasteiger charge is 2.59. The van der Waals surface area contributed by atoms with Gasteiger partial charge in [0.1, 0.15) is 23.4 Å². The second kappa shape index (κ2) is 9.18. The number of alkyl halides is 1.